The number of benzene rings is 2. The highest BCUT2D eigenvalue weighted by Crippen LogP contribution is 2.33. The van der Waals surface area contributed by atoms with E-state index in [1.807, 2.05) is 61.0 Å². The second-order valence-corrected chi connectivity index (χ2v) is 6.71. The summed E-state index contributed by atoms with van der Waals surface area (Å²) in [5.74, 6) is 1.23. The quantitative estimate of drug-likeness (QED) is 0.755. The largest absolute Gasteiger partial charge is 0.486 e. The molecular weight excluding hydrogens is 352 g/mol. The SMILES string of the molecule is CC(NC(=O)c1c(Cl)c2ccccc2n1C)c1ccc2c(c1)OCCO2. The fourth-order valence-electron chi connectivity index (χ4n) is 3.28. The number of ether oxygens (including phenoxy) is 2. The van der Waals surface area contributed by atoms with Gasteiger partial charge in [0.25, 0.3) is 5.91 Å². The first-order valence-electron chi connectivity index (χ1n) is 8.49. The van der Waals surface area contributed by atoms with E-state index in [0.29, 0.717) is 29.7 Å². The molecule has 1 atom stereocenters. The Kier molecular flexibility index (Phi) is 4.24. The van der Waals surface area contributed by atoms with E-state index in [2.05, 4.69) is 5.32 Å². The molecule has 0 saturated heterocycles. The van der Waals surface area contributed by atoms with Crippen molar-refractivity contribution in [3.05, 3.63) is 58.7 Å². The molecule has 134 valence electrons. The van der Waals surface area contributed by atoms with Crippen molar-refractivity contribution in [3.8, 4) is 11.5 Å². The number of carbonyl (C=O) groups excluding carboxylic acids is 1. The molecule has 0 bridgehead atoms. The number of aryl methyl sites for hydroxylation is 1. The van der Waals surface area contributed by atoms with E-state index in [-0.39, 0.29) is 11.9 Å². The molecule has 6 heteroatoms. The number of halogens is 1. The predicted molar refractivity (Wildman–Crippen MR) is 101 cm³/mol. The van der Waals surface area contributed by atoms with Crippen molar-refractivity contribution in [2.24, 2.45) is 7.05 Å². The monoisotopic (exact) mass is 370 g/mol. The van der Waals surface area contributed by atoms with Gasteiger partial charge in [0.15, 0.2) is 11.5 Å². The summed E-state index contributed by atoms with van der Waals surface area (Å²) in [4.78, 5) is 12.9. The molecule has 1 aliphatic heterocycles. The van der Waals surface area contributed by atoms with Crippen molar-refractivity contribution in [2.45, 2.75) is 13.0 Å². The van der Waals surface area contributed by atoms with Gasteiger partial charge < -0.3 is 19.4 Å². The summed E-state index contributed by atoms with van der Waals surface area (Å²) >= 11 is 6.46. The van der Waals surface area contributed by atoms with E-state index in [1.54, 1.807) is 0 Å². The first-order valence-corrected chi connectivity index (χ1v) is 8.87. The lowest BCUT2D eigenvalue weighted by molar-refractivity contribution is 0.0932. The molecule has 1 aromatic heterocycles. The zero-order valence-corrected chi connectivity index (χ0v) is 15.3. The summed E-state index contributed by atoms with van der Waals surface area (Å²) in [6.45, 7) is 3.01. The Balaban J connectivity index is 1.60. The molecule has 4 rings (SSSR count). The van der Waals surface area contributed by atoms with Gasteiger partial charge in [-0.05, 0) is 30.7 Å². The molecule has 0 radical (unpaired) electrons. The summed E-state index contributed by atoms with van der Waals surface area (Å²) in [6.07, 6.45) is 0. The first-order chi connectivity index (χ1) is 12.6. The van der Waals surface area contributed by atoms with Gasteiger partial charge in [-0.15, -0.1) is 0 Å². The lowest BCUT2D eigenvalue weighted by Gasteiger charge is -2.21. The van der Waals surface area contributed by atoms with Crippen molar-refractivity contribution < 1.29 is 14.3 Å². The molecular formula is C20H19ClN2O3. The number of nitrogens with zero attached hydrogens (tertiary/aromatic N) is 1. The van der Waals surface area contributed by atoms with Gasteiger partial charge in [0.1, 0.15) is 18.9 Å². The normalized spacial score (nSPS) is 14.3. The topological polar surface area (TPSA) is 52.5 Å². The van der Waals surface area contributed by atoms with Crippen LogP contribution in [-0.2, 0) is 7.05 Å². The third kappa shape index (κ3) is 2.78. The number of para-hydroxylation sites is 1. The fraction of sp³-hybridized carbons (Fsp3) is 0.250. The maximum Gasteiger partial charge on any atom is 0.269 e. The minimum absolute atomic E-state index is 0.201. The maximum absolute atomic E-state index is 12.9. The molecule has 0 spiro atoms. The zero-order chi connectivity index (χ0) is 18.3. The van der Waals surface area contributed by atoms with E-state index in [0.717, 1.165) is 22.2 Å². The minimum atomic E-state index is -0.212. The predicted octanol–water partition coefficient (Wildman–Crippen LogP) is 4.09. The van der Waals surface area contributed by atoms with Crippen LogP contribution in [0.5, 0.6) is 11.5 Å². The second-order valence-electron chi connectivity index (χ2n) is 6.34. The lowest BCUT2D eigenvalue weighted by atomic mass is 10.1. The molecule has 1 unspecified atom stereocenters. The highest BCUT2D eigenvalue weighted by Gasteiger charge is 2.22. The van der Waals surface area contributed by atoms with Crippen molar-refractivity contribution in [1.82, 2.24) is 9.88 Å². The smallest absolute Gasteiger partial charge is 0.269 e. The summed E-state index contributed by atoms with van der Waals surface area (Å²) in [5, 5.41) is 4.36. The lowest BCUT2D eigenvalue weighted by Crippen LogP contribution is -2.28. The Hall–Kier alpha value is -2.66. The van der Waals surface area contributed by atoms with Crippen LogP contribution in [0.15, 0.2) is 42.5 Å². The van der Waals surface area contributed by atoms with E-state index in [4.69, 9.17) is 21.1 Å². The number of nitrogens with one attached hydrogen (secondary N) is 1. The number of carbonyl (C=O) groups is 1. The van der Waals surface area contributed by atoms with Gasteiger partial charge in [-0.1, -0.05) is 35.9 Å². The van der Waals surface area contributed by atoms with E-state index in [1.165, 1.54) is 0 Å². The molecule has 0 fully saturated rings. The molecule has 2 heterocycles. The Morgan fingerprint density at radius 2 is 1.88 bits per heavy atom. The van der Waals surface area contributed by atoms with Crippen molar-refractivity contribution in [1.29, 1.82) is 0 Å². The van der Waals surface area contributed by atoms with Crippen LogP contribution in [0.4, 0.5) is 0 Å². The first kappa shape index (κ1) is 16.8. The van der Waals surface area contributed by atoms with Crippen LogP contribution in [0.2, 0.25) is 5.02 Å². The molecule has 1 aliphatic rings. The summed E-state index contributed by atoms with van der Waals surface area (Å²) in [5.41, 5.74) is 2.32. The van der Waals surface area contributed by atoms with Crippen molar-refractivity contribution in [2.75, 3.05) is 13.2 Å². The van der Waals surface area contributed by atoms with Crippen molar-refractivity contribution >= 4 is 28.4 Å². The second kappa shape index (κ2) is 6.57. The average molecular weight is 371 g/mol. The van der Waals surface area contributed by atoms with Gasteiger partial charge in [0.2, 0.25) is 0 Å². The van der Waals surface area contributed by atoms with Crippen LogP contribution in [0.1, 0.15) is 29.0 Å². The molecule has 0 saturated carbocycles. The molecule has 0 aliphatic carbocycles. The van der Waals surface area contributed by atoms with Gasteiger partial charge in [-0.2, -0.15) is 0 Å². The maximum atomic E-state index is 12.9. The van der Waals surface area contributed by atoms with Gasteiger partial charge in [-0.25, -0.2) is 0 Å². The molecule has 2 aromatic carbocycles. The van der Waals surface area contributed by atoms with Gasteiger partial charge >= 0.3 is 0 Å². The number of rotatable bonds is 3. The fourth-order valence-corrected chi connectivity index (χ4v) is 3.65. The van der Waals surface area contributed by atoms with E-state index >= 15 is 0 Å². The standard InChI is InChI=1S/C20H19ClN2O3/c1-12(13-7-8-16-17(11-13)26-10-9-25-16)22-20(24)19-18(21)14-5-3-4-6-15(14)23(19)2/h3-8,11-12H,9-10H2,1-2H3,(H,22,24). The highest BCUT2D eigenvalue weighted by molar-refractivity contribution is 6.38. The third-order valence-corrected chi connectivity index (χ3v) is 5.06. The van der Waals surface area contributed by atoms with Gasteiger partial charge in [0.05, 0.1) is 11.1 Å². The van der Waals surface area contributed by atoms with Crippen LogP contribution >= 0.6 is 11.6 Å². The van der Waals surface area contributed by atoms with Gasteiger partial charge in [0, 0.05) is 18.0 Å². The van der Waals surface area contributed by atoms with Crippen LogP contribution in [0.3, 0.4) is 0 Å². The van der Waals surface area contributed by atoms with Crippen LogP contribution in [-0.4, -0.2) is 23.7 Å². The number of aromatic nitrogens is 1. The van der Waals surface area contributed by atoms with E-state index in [9.17, 15) is 4.79 Å². The average Bonchev–Trinajstić information content (AvgIpc) is 2.92. The molecule has 26 heavy (non-hydrogen) atoms. The summed E-state index contributed by atoms with van der Waals surface area (Å²) in [6, 6.07) is 13.2. The molecule has 5 nitrogen and oxygen atoms in total. The van der Waals surface area contributed by atoms with E-state index < -0.39 is 0 Å². The number of hydrogen-bond donors (Lipinski definition) is 1. The molecule has 3 aromatic rings. The number of fused-ring (bicyclic) bond motifs is 2. The zero-order valence-electron chi connectivity index (χ0n) is 14.6. The Bertz CT molecular complexity index is 957. The van der Waals surface area contributed by atoms with Crippen molar-refractivity contribution in [3.63, 3.8) is 0 Å². The third-order valence-electron chi connectivity index (χ3n) is 4.67. The summed E-state index contributed by atoms with van der Waals surface area (Å²) < 4.78 is 13.0. The minimum Gasteiger partial charge on any atom is -0.486 e. The Morgan fingerprint density at radius 1 is 1.15 bits per heavy atom. The van der Waals surface area contributed by atoms with Gasteiger partial charge in [-0.3, -0.25) is 4.79 Å². The van der Waals surface area contributed by atoms with Crippen LogP contribution < -0.4 is 14.8 Å². The Labute approximate surface area is 156 Å². The van der Waals surface area contributed by atoms with Crippen LogP contribution in [0.25, 0.3) is 10.9 Å². The highest BCUT2D eigenvalue weighted by atomic mass is 35.5. The number of amides is 1. The summed E-state index contributed by atoms with van der Waals surface area (Å²) in [7, 11) is 1.85. The molecule has 1 amide bonds. The number of hydrogen-bond acceptors (Lipinski definition) is 3. The van der Waals surface area contributed by atoms with Crippen LogP contribution in [0, 0.1) is 0 Å². The molecule has 1 N–H and O–H groups in total. The Morgan fingerprint density at radius 3 is 2.65 bits per heavy atom.